The van der Waals surface area contributed by atoms with E-state index >= 15 is 0 Å². The lowest BCUT2D eigenvalue weighted by atomic mass is 10.3. The molecule has 0 amide bonds. The second kappa shape index (κ2) is 5.14. The van der Waals surface area contributed by atoms with Gasteiger partial charge in [0.25, 0.3) is 0 Å². The van der Waals surface area contributed by atoms with Crippen LogP contribution in [0.5, 0.6) is 5.75 Å². The summed E-state index contributed by atoms with van der Waals surface area (Å²) in [6.07, 6.45) is 4.23. The number of likely N-dealkylation sites (N-methyl/N-ethyl adjacent to an activating group) is 1. The third-order valence-electron chi connectivity index (χ3n) is 2.90. The Morgan fingerprint density at radius 2 is 2.35 bits per heavy atom. The molecule has 0 bridgehead atoms. The summed E-state index contributed by atoms with van der Waals surface area (Å²) in [5, 5.41) is 7.22. The highest BCUT2D eigenvalue weighted by Crippen LogP contribution is 2.24. The van der Waals surface area contributed by atoms with Gasteiger partial charge in [-0.05, 0) is 32.0 Å². The van der Waals surface area contributed by atoms with Gasteiger partial charge in [0.15, 0.2) is 0 Å². The fraction of sp³-hybridized carbons (Fsp3) is 0.500. The Morgan fingerprint density at radius 1 is 1.59 bits per heavy atom. The van der Waals surface area contributed by atoms with E-state index in [2.05, 4.69) is 16.9 Å². The first-order valence-corrected chi connectivity index (χ1v) is 5.80. The quantitative estimate of drug-likeness (QED) is 0.565. The van der Waals surface area contributed by atoms with Crippen molar-refractivity contribution < 1.29 is 4.74 Å². The number of pyridine rings is 1. The minimum atomic E-state index is -0.0231. The summed E-state index contributed by atoms with van der Waals surface area (Å²) < 4.78 is 5.57. The molecule has 1 aliphatic carbocycles. The zero-order valence-corrected chi connectivity index (χ0v) is 10.0. The summed E-state index contributed by atoms with van der Waals surface area (Å²) >= 11 is 0. The smallest absolute Gasteiger partial charge is 0.141 e. The number of nitrogens with one attached hydrogen (secondary N) is 1. The molecule has 92 valence electrons. The molecule has 1 aliphatic rings. The molecule has 0 unspecified atom stereocenters. The number of ether oxygens (including phenoxy) is 1. The van der Waals surface area contributed by atoms with E-state index in [4.69, 9.17) is 15.9 Å². The number of rotatable bonds is 6. The number of nitrogen functional groups attached to an aromatic ring is 1. The van der Waals surface area contributed by atoms with E-state index < -0.39 is 0 Å². The molecule has 5 nitrogen and oxygen atoms in total. The molecule has 17 heavy (non-hydrogen) atoms. The van der Waals surface area contributed by atoms with Crippen molar-refractivity contribution in [2.75, 3.05) is 20.2 Å². The van der Waals surface area contributed by atoms with Gasteiger partial charge in [0.1, 0.15) is 23.9 Å². The van der Waals surface area contributed by atoms with Gasteiger partial charge in [-0.2, -0.15) is 0 Å². The molecule has 0 aliphatic heterocycles. The molecule has 1 aromatic heterocycles. The lowest BCUT2D eigenvalue weighted by molar-refractivity contribution is 0.231. The molecule has 0 spiro atoms. The number of hydrogen-bond donors (Lipinski definition) is 2. The second-order valence-electron chi connectivity index (χ2n) is 4.35. The van der Waals surface area contributed by atoms with Crippen LogP contribution in [0, 0.1) is 5.41 Å². The first-order valence-electron chi connectivity index (χ1n) is 5.80. The molecule has 5 heteroatoms. The van der Waals surface area contributed by atoms with Crippen LogP contribution in [0.1, 0.15) is 18.5 Å². The van der Waals surface area contributed by atoms with Crippen molar-refractivity contribution in [3.05, 3.63) is 24.0 Å². The summed E-state index contributed by atoms with van der Waals surface area (Å²) in [6.45, 7) is 1.59. The average Bonchev–Trinajstić information content (AvgIpc) is 3.13. The van der Waals surface area contributed by atoms with Crippen LogP contribution >= 0.6 is 0 Å². The SMILES string of the molecule is CN(CCOc1ccc(C(=N)N)nc1)C1CC1. The average molecular weight is 234 g/mol. The summed E-state index contributed by atoms with van der Waals surface area (Å²) in [5.41, 5.74) is 5.80. The number of hydrogen-bond acceptors (Lipinski definition) is 4. The van der Waals surface area contributed by atoms with E-state index in [1.807, 2.05) is 0 Å². The molecule has 0 saturated heterocycles. The van der Waals surface area contributed by atoms with Crippen LogP contribution in [0.2, 0.25) is 0 Å². The van der Waals surface area contributed by atoms with E-state index in [9.17, 15) is 0 Å². The van der Waals surface area contributed by atoms with Gasteiger partial charge in [-0.15, -0.1) is 0 Å². The first-order chi connectivity index (χ1) is 8.16. The van der Waals surface area contributed by atoms with Crippen molar-refractivity contribution in [2.24, 2.45) is 5.73 Å². The molecule has 0 atom stereocenters. The maximum atomic E-state index is 7.22. The molecule has 1 heterocycles. The van der Waals surface area contributed by atoms with E-state index in [1.165, 1.54) is 12.8 Å². The molecule has 2 rings (SSSR count). The highest BCUT2D eigenvalue weighted by molar-refractivity contribution is 5.92. The summed E-state index contributed by atoms with van der Waals surface area (Å²) in [6, 6.07) is 4.25. The van der Waals surface area contributed by atoms with Crippen LogP contribution in [0.3, 0.4) is 0 Å². The van der Waals surface area contributed by atoms with Crippen molar-refractivity contribution in [1.82, 2.24) is 9.88 Å². The van der Waals surface area contributed by atoms with Crippen molar-refractivity contribution in [3.63, 3.8) is 0 Å². The Hall–Kier alpha value is -1.62. The molecular formula is C12H18N4O. The Morgan fingerprint density at radius 3 is 2.88 bits per heavy atom. The Bertz CT molecular complexity index is 386. The summed E-state index contributed by atoms with van der Waals surface area (Å²) in [4.78, 5) is 6.35. The fourth-order valence-electron chi connectivity index (χ4n) is 1.63. The van der Waals surface area contributed by atoms with E-state index in [0.717, 1.165) is 18.3 Å². The normalized spacial score (nSPS) is 14.9. The highest BCUT2D eigenvalue weighted by Gasteiger charge is 2.25. The van der Waals surface area contributed by atoms with Gasteiger partial charge in [-0.25, -0.2) is 4.98 Å². The van der Waals surface area contributed by atoms with Crippen molar-refractivity contribution in [1.29, 1.82) is 5.41 Å². The third kappa shape index (κ3) is 3.42. The lowest BCUT2D eigenvalue weighted by Gasteiger charge is -2.15. The number of amidine groups is 1. The summed E-state index contributed by atoms with van der Waals surface area (Å²) in [5.74, 6) is 0.698. The predicted molar refractivity (Wildman–Crippen MR) is 66.4 cm³/mol. The van der Waals surface area contributed by atoms with Crippen LogP contribution in [-0.2, 0) is 0 Å². The van der Waals surface area contributed by atoms with Crippen LogP contribution in [0.15, 0.2) is 18.3 Å². The molecule has 3 N–H and O–H groups in total. The molecule has 0 radical (unpaired) electrons. The zero-order valence-electron chi connectivity index (χ0n) is 10.0. The third-order valence-corrected chi connectivity index (χ3v) is 2.90. The topological polar surface area (TPSA) is 75.2 Å². The number of nitrogens with zero attached hydrogens (tertiary/aromatic N) is 2. The van der Waals surface area contributed by atoms with E-state index in [-0.39, 0.29) is 5.84 Å². The maximum Gasteiger partial charge on any atom is 0.141 e. The zero-order chi connectivity index (χ0) is 12.3. The number of nitrogens with two attached hydrogens (primary N) is 1. The lowest BCUT2D eigenvalue weighted by Crippen LogP contribution is -2.26. The van der Waals surface area contributed by atoms with E-state index in [0.29, 0.717) is 12.3 Å². The van der Waals surface area contributed by atoms with Crippen LogP contribution < -0.4 is 10.5 Å². The molecular weight excluding hydrogens is 216 g/mol. The van der Waals surface area contributed by atoms with Gasteiger partial charge in [0.2, 0.25) is 0 Å². The van der Waals surface area contributed by atoms with Crippen LogP contribution in [0.25, 0.3) is 0 Å². The van der Waals surface area contributed by atoms with Gasteiger partial charge in [-0.3, -0.25) is 5.41 Å². The largest absolute Gasteiger partial charge is 0.491 e. The molecule has 1 saturated carbocycles. The van der Waals surface area contributed by atoms with E-state index in [1.54, 1.807) is 18.3 Å². The van der Waals surface area contributed by atoms with Crippen molar-refractivity contribution in [2.45, 2.75) is 18.9 Å². The van der Waals surface area contributed by atoms with Crippen LogP contribution in [-0.4, -0.2) is 42.0 Å². The first kappa shape index (κ1) is 11.9. The molecule has 1 aromatic rings. The van der Waals surface area contributed by atoms with Crippen molar-refractivity contribution >= 4 is 5.84 Å². The standard InChI is InChI=1S/C12H18N4O/c1-16(9-2-3-9)6-7-17-10-4-5-11(12(13)14)15-8-10/h4-5,8-9H,2-3,6-7H2,1H3,(H3,13,14). The van der Waals surface area contributed by atoms with Gasteiger partial charge in [-0.1, -0.05) is 0 Å². The fourth-order valence-corrected chi connectivity index (χ4v) is 1.63. The van der Waals surface area contributed by atoms with Crippen molar-refractivity contribution in [3.8, 4) is 5.75 Å². The Kier molecular flexibility index (Phi) is 3.58. The predicted octanol–water partition coefficient (Wildman–Crippen LogP) is 0.839. The summed E-state index contributed by atoms with van der Waals surface area (Å²) in [7, 11) is 2.12. The van der Waals surface area contributed by atoms with Crippen LogP contribution in [0.4, 0.5) is 0 Å². The Balaban J connectivity index is 1.76. The molecule has 0 aromatic carbocycles. The molecule has 1 fully saturated rings. The van der Waals surface area contributed by atoms with Gasteiger partial charge in [0.05, 0.1) is 6.20 Å². The second-order valence-corrected chi connectivity index (χ2v) is 4.35. The highest BCUT2D eigenvalue weighted by atomic mass is 16.5. The van der Waals surface area contributed by atoms with Gasteiger partial charge >= 0.3 is 0 Å². The monoisotopic (exact) mass is 234 g/mol. The van der Waals surface area contributed by atoms with Gasteiger partial charge in [0, 0.05) is 12.6 Å². The van der Waals surface area contributed by atoms with Gasteiger partial charge < -0.3 is 15.4 Å². The Labute approximate surface area is 101 Å². The maximum absolute atomic E-state index is 7.22. The minimum absolute atomic E-state index is 0.0231. The number of aromatic nitrogens is 1. The minimum Gasteiger partial charge on any atom is -0.491 e.